The first-order valence-corrected chi connectivity index (χ1v) is 10.6. The maximum atomic E-state index is 13.1. The van der Waals surface area contributed by atoms with Gasteiger partial charge < -0.3 is 10.6 Å². The molecule has 30 heavy (non-hydrogen) atoms. The van der Waals surface area contributed by atoms with E-state index >= 15 is 0 Å². The monoisotopic (exact) mass is 405 g/mol. The lowest BCUT2D eigenvalue weighted by Crippen LogP contribution is -2.54. The van der Waals surface area contributed by atoms with Crippen LogP contribution in [0.3, 0.4) is 0 Å². The van der Waals surface area contributed by atoms with Crippen molar-refractivity contribution >= 4 is 23.5 Å². The van der Waals surface area contributed by atoms with Crippen molar-refractivity contribution in [3.8, 4) is 0 Å². The lowest BCUT2D eigenvalue weighted by atomic mass is 9.73. The summed E-state index contributed by atoms with van der Waals surface area (Å²) < 4.78 is 0. The Balaban J connectivity index is 1.45. The van der Waals surface area contributed by atoms with Crippen molar-refractivity contribution in [3.05, 3.63) is 65.7 Å². The van der Waals surface area contributed by atoms with E-state index in [2.05, 4.69) is 10.6 Å². The molecule has 2 N–H and O–H groups in total. The number of nitrogens with one attached hydrogen (secondary N) is 2. The second-order valence-electron chi connectivity index (χ2n) is 8.31. The number of nitrogens with zero attached hydrogens (tertiary/aromatic N) is 1. The molecule has 0 radical (unpaired) electrons. The number of hydrogen-bond donors (Lipinski definition) is 2. The zero-order chi connectivity index (χ0) is 21.1. The molecule has 1 aliphatic heterocycles. The number of para-hydroxylation sites is 1. The number of rotatable bonds is 5. The molecule has 2 fully saturated rings. The minimum absolute atomic E-state index is 0.0716. The Morgan fingerprint density at radius 1 is 1.10 bits per heavy atom. The normalized spacial score (nSPS) is 23.5. The molecule has 2 aromatic rings. The highest BCUT2D eigenvalue weighted by atomic mass is 16.2. The largest absolute Gasteiger partial charge is 0.325 e. The lowest BCUT2D eigenvalue weighted by Gasteiger charge is -2.36. The molecule has 1 heterocycles. The van der Waals surface area contributed by atoms with Gasteiger partial charge in [0.05, 0.1) is 0 Å². The summed E-state index contributed by atoms with van der Waals surface area (Å²) in [6.07, 6.45) is 4.19. The molecule has 0 bridgehead atoms. The molecule has 2 atom stereocenters. The Kier molecular flexibility index (Phi) is 5.57. The smallest absolute Gasteiger partial charge is 0.324 e. The molecule has 6 nitrogen and oxygen atoms in total. The van der Waals surface area contributed by atoms with E-state index in [0.717, 1.165) is 35.3 Å². The van der Waals surface area contributed by atoms with Gasteiger partial charge in [0.2, 0.25) is 5.91 Å². The molecule has 4 rings (SSSR count). The van der Waals surface area contributed by atoms with Gasteiger partial charge in [0.1, 0.15) is 12.1 Å². The summed E-state index contributed by atoms with van der Waals surface area (Å²) in [5.41, 5.74) is 1.97. The summed E-state index contributed by atoms with van der Waals surface area (Å²) in [5, 5.41) is 5.78. The first-order chi connectivity index (χ1) is 14.5. The van der Waals surface area contributed by atoms with Gasteiger partial charge in [-0.05, 0) is 42.4 Å². The Hall–Kier alpha value is -3.15. The van der Waals surface area contributed by atoms with Crippen molar-refractivity contribution in [2.45, 2.75) is 44.6 Å². The van der Waals surface area contributed by atoms with Crippen LogP contribution in [0, 0.1) is 5.92 Å². The first kappa shape index (κ1) is 20.1. The number of amides is 4. The lowest BCUT2D eigenvalue weighted by molar-refractivity contribution is -0.136. The Labute approximate surface area is 176 Å². The maximum absolute atomic E-state index is 13.1. The summed E-state index contributed by atoms with van der Waals surface area (Å²) >= 11 is 0. The molecule has 0 aromatic heterocycles. The van der Waals surface area contributed by atoms with Crippen molar-refractivity contribution in [2.24, 2.45) is 5.92 Å². The van der Waals surface area contributed by atoms with Gasteiger partial charge in [-0.2, -0.15) is 0 Å². The van der Waals surface area contributed by atoms with Crippen LogP contribution in [-0.2, 0) is 16.0 Å². The number of benzene rings is 2. The average Bonchev–Trinajstić information content (AvgIpc) is 2.97. The summed E-state index contributed by atoms with van der Waals surface area (Å²) in [4.78, 5) is 39.4. The number of carbonyl (C=O) groups is 3. The number of imide groups is 1. The van der Waals surface area contributed by atoms with Crippen LogP contribution in [0.25, 0.3) is 0 Å². The summed E-state index contributed by atoms with van der Waals surface area (Å²) in [7, 11) is 0. The van der Waals surface area contributed by atoms with E-state index in [0.29, 0.717) is 18.5 Å². The van der Waals surface area contributed by atoms with E-state index in [4.69, 9.17) is 0 Å². The standard InChI is InChI=1S/C24H27N3O3/c1-17-9-7-8-14-24(17)22(29)27(23(30)26-24)16-21(28)25-20-13-6-5-12-19(20)15-18-10-3-2-4-11-18/h2-6,10-13,17H,7-9,14-16H2,1H3,(H,25,28)(H,26,30). The predicted molar refractivity (Wildman–Crippen MR) is 115 cm³/mol. The minimum Gasteiger partial charge on any atom is -0.324 e. The van der Waals surface area contributed by atoms with Crippen molar-refractivity contribution in [2.75, 3.05) is 11.9 Å². The van der Waals surface area contributed by atoms with Crippen molar-refractivity contribution in [3.63, 3.8) is 0 Å². The molecule has 6 heteroatoms. The van der Waals surface area contributed by atoms with Crippen LogP contribution >= 0.6 is 0 Å². The zero-order valence-electron chi connectivity index (χ0n) is 17.2. The van der Waals surface area contributed by atoms with E-state index in [1.165, 1.54) is 0 Å². The van der Waals surface area contributed by atoms with Gasteiger partial charge in [-0.15, -0.1) is 0 Å². The number of hydrogen-bond acceptors (Lipinski definition) is 3. The molecule has 1 saturated carbocycles. The second-order valence-corrected chi connectivity index (χ2v) is 8.31. The van der Waals surface area contributed by atoms with Crippen LogP contribution in [0.4, 0.5) is 10.5 Å². The Bertz CT molecular complexity index is 959. The highest BCUT2D eigenvalue weighted by Crippen LogP contribution is 2.38. The fourth-order valence-corrected chi connectivity index (χ4v) is 4.58. The summed E-state index contributed by atoms with van der Waals surface area (Å²) in [6.45, 7) is 1.72. The predicted octanol–water partition coefficient (Wildman–Crippen LogP) is 3.72. The molecular weight excluding hydrogens is 378 g/mol. The van der Waals surface area contributed by atoms with Crippen LogP contribution in [0.1, 0.15) is 43.7 Å². The molecule has 4 amide bonds. The Morgan fingerprint density at radius 2 is 1.83 bits per heavy atom. The van der Waals surface area contributed by atoms with Gasteiger partial charge in [-0.1, -0.05) is 68.3 Å². The quantitative estimate of drug-likeness (QED) is 0.744. The molecule has 2 aromatic carbocycles. The average molecular weight is 405 g/mol. The van der Waals surface area contributed by atoms with Crippen molar-refractivity contribution in [1.82, 2.24) is 10.2 Å². The molecular formula is C24H27N3O3. The number of carbonyl (C=O) groups excluding carboxylic acids is 3. The molecule has 1 aliphatic carbocycles. The van der Waals surface area contributed by atoms with Gasteiger partial charge >= 0.3 is 6.03 Å². The second kappa shape index (κ2) is 8.30. The number of anilines is 1. The molecule has 1 spiro atoms. The van der Waals surface area contributed by atoms with Crippen LogP contribution < -0.4 is 10.6 Å². The van der Waals surface area contributed by atoms with Gasteiger partial charge in [0.15, 0.2) is 0 Å². The van der Waals surface area contributed by atoms with Gasteiger partial charge in [0, 0.05) is 5.69 Å². The molecule has 1 saturated heterocycles. The number of urea groups is 1. The van der Waals surface area contributed by atoms with E-state index < -0.39 is 11.6 Å². The third-order valence-corrected chi connectivity index (χ3v) is 6.33. The van der Waals surface area contributed by atoms with Crippen LogP contribution in [0.2, 0.25) is 0 Å². The summed E-state index contributed by atoms with van der Waals surface area (Å²) in [5.74, 6) is -0.575. The topological polar surface area (TPSA) is 78.5 Å². The van der Waals surface area contributed by atoms with E-state index in [1.807, 2.05) is 61.5 Å². The van der Waals surface area contributed by atoms with Gasteiger partial charge in [0.25, 0.3) is 5.91 Å². The fourth-order valence-electron chi connectivity index (χ4n) is 4.58. The highest BCUT2D eigenvalue weighted by Gasteiger charge is 2.55. The molecule has 2 unspecified atom stereocenters. The van der Waals surface area contributed by atoms with Crippen LogP contribution in [0.15, 0.2) is 54.6 Å². The van der Waals surface area contributed by atoms with Crippen LogP contribution in [-0.4, -0.2) is 34.8 Å². The molecule has 156 valence electrons. The molecule has 2 aliphatic rings. The van der Waals surface area contributed by atoms with Crippen molar-refractivity contribution in [1.29, 1.82) is 0 Å². The fraction of sp³-hybridized carbons (Fsp3) is 0.375. The third-order valence-electron chi connectivity index (χ3n) is 6.33. The zero-order valence-corrected chi connectivity index (χ0v) is 17.2. The first-order valence-electron chi connectivity index (χ1n) is 10.6. The maximum Gasteiger partial charge on any atom is 0.325 e. The van der Waals surface area contributed by atoms with E-state index in [9.17, 15) is 14.4 Å². The Morgan fingerprint density at radius 3 is 2.60 bits per heavy atom. The van der Waals surface area contributed by atoms with Crippen LogP contribution in [0.5, 0.6) is 0 Å². The van der Waals surface area contributed by atoms with Gasteiger partial charge in [-0.3, -0.25) is 14.5 Å². The third kappa shape index (κ3) is 3.82. The summed E-state index contributed by atoms with van der Waals surface area (Å²) in [6, 6.07) is 17.1. The highest BCUT2D eigenvalue weighted by molar-refractivity contribution is 6.10. The van der Waals surface area contributed by atoms with Gasteiger partial charge in [-0.25, -0.2) is 4.79 Å². The van der Waals surface area contributed by atoms with E-state index in [1.54, 1.807) is 0 Å². The minimum atomic E-state index is -0.846. The van der Waals surface area contributed by atoms with Crippen molar-refractivity contribution < 1.29 is 14.4 Å². The van der Waals surface area contributed by atoms with E-state index in [-0.39, 0.29) is 24.3 Å². The SMILES string of the molecule is CC1CCCCC12NC(=O)N(CC(=O)Nc1ccccc1Cc1ccccc1)C2=O.